The number of anilines is 1. The third-order valence-corrected chi connectivity index (χ3v) is 12.8. The summed E-state index contributed by atoms with van der Waals surface area (Å²) < 4.78 is 26.5. The van der Waals surface area contributed by atoms with E-state index in [9.17, 15) is 28.8 Å². The molecule has 3 aromatic carbocycles. The summed E-state index contributed by atoms with van der Waals surface area (Å²) in [6.45, 7) is 5.26. The van der Waals surface area contributed by atoms with Gasteiger partial charge in [-0.3, -0.25) is 43.3 Å². The van der Waals surface area contributed by atoms with Crippen molar-refractivity contribution in [2.45, 2.75) is 114 Å². The normalized spacial score (nSPS) is 19.1. The average Bonchev–Trinajstić information content (AvgIpc) is 3.77. The number of hydrogen-bond donors (Lipinski definition) is 4. The van der Waals surface area contributed by atoms with Gasteiger partial charge in [-0.05, 0) is 98.2 Å². The zero-order valence-electron chi connectivity index (χ0n) is 38.0. The number of benzene rings is 3. The Morgan fingerprint density at radius 2 is 1.47 bits per heavy atom. The van der Waals surface area contributed by atoms with Crippen LogP contribution in [-0.4, -0.2) is 103 Å². The Balaban J connectivity index is 0.745. The molecule has 4 heterocycles. The smallest absolute Gasteiger partial charge is 0.329 e. The third-order valence-electron chi connectivity index (χ3n) is 12.8. The lowest BCUT2D eigenvalue weighted by molar-refractivity contribution is -0.135. The van der Waals surface area contributed by atoms with Crippen LogP contribution in [0.4, 0.5) is 5.69 Å². The standard InChI is InChI=1S/C49H63N7O10/c1-31(38(17-20-43(51)57)52-47(60)42-29-36-9-3-8-35-15-16-37(50)48(61)56(42)45(35)36)66-30-34-12-10-32(11-13-34)6-4-22-63-24-26-65-27-25-64-23-5-7-33-14-18-39-41(28-33)54(2)49(62)55(39)40-19-21-44(58)53-46(40)59/h3,8-14,18,28,31,37-38,40,42H,4-7,15-17,19-27,29-30,50H2,1-2H3,(H2,51,57)(H,52,60)(H,53,58,59)/t31-,37+,38+,40?,42+/m1/s1. The Hall–Kier alpha value is -5.72. The number of carbonyl (C=O) groups is 5. The van der Waals surface area contributed by atoms with Gasteiger partial charge in [-0.25, -0.2) is 4.79 Å². The lowest BCUT2D eigenvalue weighted by atomic mass is 10.0. The van der Waals surface area contributed by atoms with Crippen molar-refractivity contribution in [2.75, 3.05) is 44.5 Å². The molecule has 0 aliphatic carbocycles. The molecule has 0 saturated carbocycles. The fraction of sp³-hybridized carbons (Fsp3) is 0.510. The zero-order valence-corrected chi connectivity index (χ0v) is 38.0. The lowest BCUT2D eigenvalue weighted by Gasteiger charge is -2.30. The number of nitrogens with two attached hydrogens (primary N) is 2. The second kappa shape index (κ2) is 22.7. The van der Waals surface area contributed by atoms with E-state index in [2.05, 4.69) is 22.8 Å². The molecule has 354 valence electrons. The number of imide groups is 1. The van der Waals surface area contributed by atoms with Crippen molar-refractivity contribution in [3.63, 3.8) is 0 Å². The van der Waals surface area contributed by atoms with E-state index in [1.54, 1.807) is 16.5 Å². The molecule has 4 aromatic rings. The molecule has 3 aliphatic heterocycles. The van der Waals surface area contributed by atoms with Gasteiger partial charge in [0, 0.05) is 39.5 Å². The van der Waals surface area contributed by atoms with E-state index in [-0.39, 0.29) is 36.3 Å². The Kier molecular flexibility index (Phi) is 16.5. The van der Waals surface area contributed by atoms with E-state index in [4.69, 9.17) is 30.4 Å². The highest BCUT2D eigenvalue weighted by atomic mass is 16.5. The van der Waals surface area contributed by atoms with Crippen LogP contribution in [0.2, 0.25) is 0 Å². The molecule has 1 fully saturated rings. The first-order valence-electron chi connectivity index (χ1n) is 23.1. The van der Waals surface area contributed by atoms with Crippen LogP contribution in [0.15, 0.2) is 65.5 Å². The van der Waals surface area contributed by atoms with Crippen LogP contribution in [0.1, 0.15) is 85.7 Å². The van der Waals surface area contributed by atoms with Gasteiger partial charge in [-0.15, -0.1) is 0 Å². The molecular formula is C49H63N7O10. The highest BCUT2D eigenvalue weighted by Gasteiger charge is 2.43. The second-order valence-electron chi connectivity index (χ2n) is 17.5. The van der Waals surface area contributed by atoms with Crippen molar-refractivity contribution in [3.05, 3.63) is 99.0 Å². The minimum absolute atomic E-state index is 0.0750. The molecule has 17 heteroatoms. The van der Waals surface area contributed by atoms with Crippen molar-refractivity contribution in [1.82, 2.24) is 19.8 Å². The summed E-state index contributed by atoms with van der Waals surface area (Å²) >= 11 is 0. The molecule has 17 nitrogen and oxygen atoms in total. The molecule has 0 spiro atoms. The molecular weight excluding hydrogens is 847 g/mol. The summed E-state index contributed by atoms with van der Waals surface area (Å²) in [5.74, 6) is -1.80. The molecule has 6 N–H and O–H groups in total. The Morgan fingerprint density at radius 1 is 0.818 bits per heavy atom. The van der Waals surface area contributed by atoms with E-state index in [1.807, 2.05) is 55.5 Å². The average molecular weight is 910 g/mol. The molecule has 66 heavy (non-hydrogen) atoms. The van der Waals surface area contributed by atoms with E-state index < -0.39 is 42.1 Å². The van der Waals surface area contributed by atoms with Gasteiger partial charge in [0.1, 0.15) is 12.1 Å². The summed E-state index contributed by atoms with van der Waals surface area (Å²) in [5, 5.41) is 5.42. The van der Waals surface area contributed by atoms with Gasteiger partial charge in [-0.2, -0.15) is 0 Å². The number of aromatic nitrogens is 2. The summed E-state index contributed by atoms with van der Waals surface area (Å²) in [6.07, 6.45) is 5.28. The van der Waals surface area contributed by atoms with Gasteiger partial charge in [0.05, 0.1) is 67.9 Å². The molecule has 1 unspecified atom stereocenters. The minimum atomic E-state index is -0.740. The molecule has 5 atom stereocenters. The third kappa shape index (κ3) is 11.8. The number of rotatable bonds is 24. The monoisotopic (exact) mass is 909 g/mol. The molecule has 7 rings (SSSR count). The first-order chi connectivity index (χ1) is 31.9. The van der Waals surface area contributed by atoms with Gasteiger partial charge in [0.25, 0.3) is 0 Å². The number of nitrogens with zero attached hydrogens (tertiary/aromatic N) is 3. The summed E-state index contributed by atoms with van der Waals surface area (Å²) in [6, 6.07) is 17.2. The summed E-state index contributed by atoms with van der Waals surface area (Å²) in [4.78, 5) is 77.6. The van der Waals surface area contributed by atoms with Gasteiger partial charge < -0.3 is 35.7 Å². The quantitative estimate of drug-likeness (QED) is 0.0591. The molecule has 3 aliphatic rings. The second-order valence-corrected chi connectivity index (χ2v) is 17.5. The highest BCUT2D eigenvalue weighted by Crippen LogP contribution is 2.39. The number of imidazole rings is 1. The molecule has 1 aromatic heterocycles. The number of amides is 5. The van der Waals surface area contributed by atoms with Gasteiger partial charge >= 0.3 is 5.69 Å². The fourth-order valence-electron chi connectivity index (χ4n) is 9.10. The van der Waals surface area contributed by atoms with E-state index in [1.165, 1.54) is 10.1 Å². The van der Waals surface area contributed by atoms with Crippen LogP contribution < -0.4 is 32.7 Å². The zero-order chi connectivity index (χ0) is 46.7. The van der Waals surface area contributed by atoms with Crippen LogP contribution in [-0.2, 0) is 82.3 Å². The SMILES string of the molecule is C[C@@H](OCc1ccc(CCCOCCOCCOCCCc2ccc3c(c2)n(C)c(=O)n3C2CCC(=O)NC2=O)cc1)[C@H](CCC(N)=O)NC(=O)[C@@H]1Cc2cccc3c2N1C(=O)[C@@H](N)CC3. The van der Waals surface area contributed by atoms with E-state index >= 15 is 0 Å². The number of aryl methyl sites for hydroxylation is 4. The van der Waals surface area contributed by atoms with Gasteiger partial charge in [-0.1, -0.05) is 48.5 Å². The number of ether oxygens (including phenoxy) is 4. The molecule has 5 amide bonds. The number of fused-ring (bicyclic) bond motifs is 1. The number of primary amides is 1. The minimum Gasteiger partial charge on any atom is -0.379 e. The molecule has 0 bridgehead atoms. The highest BCUT2D eigenvalue weighted by molar-refractivity contribution is 6.07. The number of hydrogen-bond acceptors (Lipinski definition) is 11. The summed E-state index contributed by atoms with van der Waals surface area (Å²) in [5.41, 5.74) is 18.8. The number of nitrogens with one attached hydrogen (secondary N) is 2. The van der Waals surface area contributed by atoms with Crippen LogP contribution in [0.25, 0.3) is 11.0 Å². The van der Waals surface area contributed by atoms with Crippen LogP contribution in [0, 0.1) is 0 Å². The van der Waals surface area contributed by atoms with Crippen molar-refractivity contribution in [2.24, 2.45) is 18.5 Å². The van der Waals surface area contributed by atoms with Crippen molar-refractivity contribution >= 4 is 46.3 Å². The predicted octanol–water partition coefficient (Wildman–Crippen LogP) is 2.82. The fourth-order valence-corrected chi connectivity index (χ4v) is 9.10. The maximum absolute atomic E-state index is 13.8. The summed E-state index contributed by atoms with van der Waals surface area (Å²) in [7, 11) is 1.69. The van der Waals surface area contributed by atoms with Crippen LogP contribution in [0.5, 0.6) is 0 Å². The molecule has 0 radical (unpaired) electrons. The Morgan fingerprint density at radius 3 is 2.17 bits per heavy atom. The van der Waals surface area contributed by atoms with Crippen molar-refractivity contribution < 1.29 is 42.9 Å². The topological polar surface area (TPSA) is 229 Å². The van der Waals surface area contributed by atoms with Crippen molar-refractivity contribution in [3.8, 4) is 0 Å². The maximum atomic E-state index is 13.8. The first kappa shape index (κ1) is 48.2. The Labute approximate surface area is 384 Å². The van der Waals surface area contributed by atoms with Gasteiger partial charge in [0.15, 0.2) is 0 Å². The van der Waals surface area contributed by atoms with Gasteiger partial charge in [0.2, 0.25) is 29.5 Å². The van der Waals surface area contributed by atoms with E-state index in [0.29, 0.717) is 83.9 Å². The van der Waals surface area contributed by atoms with Crippen LogP contribution >= 0.6 is 0 Å². The molecule has 1 saturated heterocycles. The maximum Gasteiger partial charge on any atom is 0.329 e. The van der Waals surface area contributed by atoms with Crippen molar-refractivity contribution in [1.29, 1.82) is 0 Å². The number of para-hydroxylation sites is 1. The lowest BCUT2D eigenvalue weighted by Crippen LogP contribution is -2.55. The largest absolute Gasteiger partial charge is 0.379 e. The number of carbonyl (C=O) groups excluding carboxylic acids is 5. The van der Waals surface area contributed by atoms with E-state index in [0.717, 1.165) is 59.1 Å². The number of piperidine rings is 1. The Bertz CT molecular complexity index is 2430. The first-order valence-corrected chi connectivity index (χ1v) is 23.1. The predicted molar refractivity (Wildman–Crippen MR) is 246 cm³/mol. The van der Waals surface area contributed by atoms with Crippen LogP contribution in [0.3, 0.4) is 0 Å².